The van der Waals surface area contributed by atoms with Crippen LogP contribution >= 0.6 is 11.6 Å². The van der Waals surface area contributed by atoms with Crippen molar-refractivity contribution < 1.29 is 23.1 Å². The van der Waals surface area contributed by atoms with Crippen LogP contribution < -0.4 is 5.32 Å². The van der Waals surface area contributed by atoms with Crippen LogP contribution in [0.3, 0.4) is 0 Å². The number of para-hydroxylation sites is 1. The lowest BCUT2D eigenvalue weighted by Crippen LogP contribution is -2.47. The number of phenols is 1. The van der Waals surface area contributed by atoms with Crippen LogP contribution in [0.1, 0.15) is 22.1 Å². The predicted molar refractivity (Wildman–Crippen MR) is 83.0 cm³/mol. The van der Waals surface area contributed by atoms with E-state index in [2.05, 4.69) is 5.32 Å². The van der Waals surface area contributed by atoms with Crippen molar-refractivity contribution in [1.29, 1.82) is 0 Å². The topological polar surface area (TPSA) is 52.6 Å². The van der Waals surface area contributed by atoms with Crippen molar-refractivity contribution in [1.82, 2.24) is 4.90 Å². The van der Waals surface area contributed by atoms with Crippen molar-refractivity contribution in [3.8, 4) is 5.75 Å². The maximum atomic E-state index is 12.9. The average molecular weight is 357 g/mol. The summed E-state index contributed by atoms with van der Waals surface area (Å²) in [4.78, 5) is 13.2. The van der Waals surface area contributed by atoms with Gasteiger partial charge in [-0.3, -0.25) is 4.79 Å². The van der Waals surface area contributed by atoms with E-state index in [0.29, 0.717) is 10.6 Å². The molecule has 1 atom stereocenters. The Hall–Kier alpha value is -2.41. The first-order valence-corrected chi connectivity index (χ1v) is 7.36. The molecule has 2 aromatic carbocycles. The van der Waals surface area contributed by atoms with E-state index in [-0.39, 0.29) is 21.9 Å². The number of fused-ring (bicyclic) bond motifs is 1. The molecular weight excluding hydrogens is 345 g/mol. The van der Waals surface area contributed by atoms with Gasteiger partial charge in [0.05, 0.1) is 5.56 Å². The van der Waals surface area contributed by atoms with Crippen LogP contribution in [0.15, 0.2) is 42.5 Å². The molecule has 0 saturated carbocycles. The van der Waals surface area contributed by atoms with Crippen molar-refractivity contribution in [3.05, 3.63) is 58.6 Å². The monoisotopic (exact) mass is 356 g/mol. The number of nitrogens with zero attached hydrogens (tertiary/aromatic N) is 1. The van der Waals surface area contributed by atoms with Crippen LogP contribution in [0, 0.1) is 0 Å². The summed E-state index contributed by atoms with van der Waals surface area (Å²) in [5, 5.41) is 13.1. The molecule has 24 heavy (non-hydrogen) atoms. The maximum Gasteiger partial charge on any atom is 0.406 e. The normalized spacial score (nSPS) is 17.4. The maximum absolute atomic E-state index is 12.9. The van der Waals surface area contributed by atoms with Gasteiger partial charge in [0.2, 0.25) is 0 Å². The number of amides is 1. The second-order valence-electron chi connectivity index (χ2n) is 5.34. The summed E-state index contributed by atoms with van der Waals surface area (Å²) in [5.74, 6) is -1.03. The third-order valence-electron chi connectivity index (χ3n) is 3.66. The van der Waals surface area contributed by atoms with Crippen molar-refractivity contribution in [2.45, 2.75) is 12.3 Å². The first-order chi connectivity index (χ1) is 11.3. The molecule has 1 unspecified atom stereocenters. The van der Waals surface area contributed by atoms with E-state index in [1.807, 2.05) is 0 Å². The third kappa shape index (κ3) is 3.12. The molecule has 0 saturated heterocycles. The van der Waals surface area contributed by atoms with E-state index < -0.39 is 24.8 Å². The van der Waals surface area contributed by atoms with Crippen molar-refractivity contribution in [2.75, 3.05) is 11.9 Å². The van der Waals surface area contributed by atoms with Crippen molar-refractivity contribution >= 4 is 23.2 Å². The van der Waals surface area contributed by atoms with Gasteiger partial charge < -0.3 is 15.3 Å². The lowest BCUT2D eigenvalue weighted by Gasteiger charge is -2.38. The van der Waals surface area contributed by atoms with Gasteiger partial charge in [0.25, 0.3) is 5.91 Å². The van der Waals surface area contributed by atoms with Crippen LogP contribution in [0.25, 0.3) is 0 Å². The molecule has 1 aliphatic rings. The molecule has 3 rings (SSSR count). The molecule has 8 heteroatoms. The fraction of sp³-hybridized carbons (Fsp3) is 0.188. The summed E-state index contributed by atoms with van der Waals surface area (Å²) in [6, 6.07) is 10.3. The van der Waals surface area contributed by atoms with Gasteiger partial charge in [-0.05, 0) is 30.3 Å². The van der Waals surface area contributed by atoms with Gasteiger partial charge in [-0.1, -0.05) is 23.7 Å². The molecule has 0 spiro atoms. The van der Waals surface area contributed by atoms with Crippen LogP contribution in [0.4, 0.5) is 18.9 Å². The van der Waals surface area contributed by atoms with E-state index in [9.17, 15) is 23.1 Å². The van der Waals surface area contributed by atoms with E-state index in [1.165, 1.54) is 24.3 Å². The number of hydrogen-bond donors (Lipinski definition) is 2. The van der Waals surface area contributed by atoms with Gasteiger partial charge in [0, 0.05) is 16.3 Å². The largest absolute Gasteiger partial charge is 0.508 e. The molecule has 2 N–H and O–H groups in total. The molecule has 1 aliphatic heterocycles. The van der Waals surface area contributed by atoms with Gasteiger partial charge >= 0.3 is 6.18 Å². The first kappa shape index (κ1) is 16.4. The van der Waals surface area contributed by atoms with Crippen LogP contribution in [-0.2, 0) is 0 Å². The Morgan fingerprint density at radius 2 is 1.92 bits per heavy atom. The Bertz CT molecular complexity index is 795. The highest BCUT2D eigenvalue weighted by molar-refractivity contribution is 6.30. The number of aromatic hydroxyl groups is 1. The molecule has 0 bridgehead atoms. The quantitative estimate of drug-likeness (QED) is 0.849. The number of alkyl halides is 3. The highest BCUT2D eigenvalue weighted by Crippen LogP contribution is 2.38. The van der Waals surface area contributed by atoms with Gasteiger partial charge in [-0.25, -0.2) is 0 Å². The smallest absolute Gasteiger partial charge is 0.406 e. The van der Waals surface area contributed by atoms with E-state index >= 15 is 0 Å². The molecule has 4 nitrogen and oxygen atoms in total. The molecule has 126 valence electrons. The number of nitrogens with one attached hydrogen (secondary N) is 1. The number of carbonyl (C=O) groups is 1. The van der Waals surface area contributed by atoms with Gasteiger partial charge in [0.1, 0.15) is 18.5 Å². The summed E-state index contributed by atoms with van der Waals surface area (Å²) in [5.41, 5.74) is 0.624. The van der Waals surface area contributed by atoms with Crippen LogP contribution in [0.2, 0.25) is 5.02 Å². The van der Waals surface area contributed by atoms with E-state index in [0.717, 1.165) is 0 Å². The first-order valence-electron chi connectivity index (χ1n) is 6.98. The highest BCUT2D eigenvalue weighted by atomic mass is 35.5. The number of hydrogen-bond acceptors (Lipinski definition) is 3. The zero-order valence-corrected chi connectivity index (χ0v) is 12.9. The molecular formula is C16H12ClF3N2O2. The Morgan fingerprint density at radius 3 is 2.62 bits per heavy atom. The van der Waals surface area contributed by atoms with Gasteiger partial charge in [0.15, 0.2) is 0 Å². The van der Waals surface area contributed by atoms with Crippen molar-refractivity contribution in [3.63, 3.8) is 0 Å². The molecule has 1 heterocycles. The zero-order valence-electron chi connectivity index (χ0n) is 12.1. The SMILES string of the molecule is O=C1c2ccccc2NC(c2cc(Cl)ccc2O)N1CC(F)(F)F. The summed E-state index contributed by atoms with van der Waals surface area (Å²) < 4.78 is 38.8. The summed E-state index contributed by atoms with van der Waals surface area (Å²) in [6.45, 7) is -1.45. The Balaban J connectivity index is 2.11. The molecule has 0 radical (unpaired) electrons. The van der Waals surface area contributed by atoms with Gasteiger partial charge in [-0.15, -0.1) is 0 Å². The molecule has 2 aromatic rings. The average Bonchev–Trinajstić information content (AvgIpc) is 2.51. The van der Waals surface area contributed by atoms with Gasteiger partial charge in [-0.2, -0.15) is 13.2 Å². The van der Waals surface area contributed by atoms with E-state index in [4.69, 9.17) is 11.6 Å². The summed E-state index contributed by atoms with van der Waals surface area (Å²) in [6.07, 6.45) is -5.77. The van der Waals surface area contributed by atoms with E-state index in [1.54, 1.807) is 18.2 Å². The minimum atomic E-state index is -4.59. The number of carbonyl (C=O) groups excluding carboxylic acids is 1. The molecule has 0 aromatic heterocycles. The summed E-state index contributed by atoms with van der Waals surface area (Å²) in [7, 11) is 0. The Labute approximate surface area is 140 Å². The Morgan fingerprint density at radius 1 is 1.21 bits per heavy atom. The second-order valence-corrected chi connectivity index (χ2v) is 5.78. The Kier molecular flexibility index (Phi) is 4.04. The lowest BCUT2D eigenvalue weighted by molar-refractivity contribution is -0.144. The fourth-order valence-corrected chi connectivity index (χ4v) is 2.82. The minimum absolute atomic E-state index is 0.0922. The minimum Gasteiger partial charge on any atom is -0.508 e. The van der Waals surface area contributed by atoms with Crippen molar-refractivity contribution in [2.24, 2.45) is 0 Å². The number of phenolic OH excluding ortho intramolecular Hbond substituents is 1. The molecule has 0 fully saturated rings. The van der Waals surface area contributed by atoms with Crippen LogP contribution in [-0.4, -0.2) is 28.6 Å². The zero-order chi connectivity index (χ0) is 17.5. The lowest BCUT2D eigenvalue weighted by atomic mass is 10.0. The third-order valence-corrected chi connectivity index (χ3v) is 3.89. The second kappa shape index (κ2) is 5.90. The predicted octanol–water partition coefficient (Wildman–Crippen LogP) is 4.17. The highest BCUT2D eigenvalue weighted by Gasteiger charge is 2.41. The standard InChI is InChI=1S/C16H12ClF3N2O2/c17-9-5-6-13(23)11(7-9)14-21-12-4-2-1-3-10(12)15(24)22(14)8-16(18,19)20/h1-7,14,21,23H,8H2. The fourth-order valence-electron chi connectivity index (χ4n) is 2.64. The number of halogens is 4. The van der Waals surface area contributed by atoms with Crippen LogP contribution in [0.5, 0.6) is 5.75 Å². The number of rotatable bonds is 2. The summed E-state index contributed by atoms with van der Waals surface area (Å²) >= 11 is 5.89. The number of anilines is 1. The molecule has 1 amide bonds. The number of benzene rings is 2. The molecule has 0 aliphatic carbocycles.